The lowest BCUT2D eigenvalue weighted by Gasteiger charge is -2.10. The SMILES string of the molecule is COc1cc(CC(=O)Cc2nn([C@H]3CCNC3)c(N)c2C(N)=O)cc(OC)c1. The van der Waals surface area contributed by atoms with Crippen molar-refractivity contribution in [2.45, 2.75) is 25.3 Å². The molecule has 0 saturated carbocycles. The molecule has 2 aromatic rings. The lowest BCUT2D eigenvalue weighted by atomic mass is 10.0. The fourth-order valence-electron chi connectivity index (χ4n) is 3.46. The number of methoxy groups -OCH3 is 2. The zero-order valence-electron chi connectivity index (χ0n) is 16.0. The molecule has 3 rings (SSSR count). The van der Waals surface area contributed by atoms with Gasteiger partial charge >= 0.3 is 0 Å². The number of anilines is 1. The second-order valence-electron chi connectivity index (χ2n) is 6.78. The maximum atomic E-state index is 12.7. The molecule has 0 radical (unpaired) electrons. The summed E-state index contributed by atoms with van der Waals surface area (Å²) >= 11 is 0. The Labute approximate surface area is 163 Å². The molecular formula is C19H25N5O4. The van der Waals surface area contributed by atoms with E-state index in [1.807, 2.05) is 0 Å². The maximum Gasteiger partial charge on any atom is 0.254 e. The number of Topliss-reactive ketones (excluding diaryl/α,β-unsaturated/α-hetero) is 1. The third kappa shape index (κ3) is 4.09. The van der Waals surface area contributed by atoms with Crippen LogP contribution in [-0.2, 0) is 17.6 Å². The smallest absolute Gasteiger partial charge is 0.254 e. The molecule has 9 nitrogen and oxygen atoms in total. The highest BCUT2D eigenvalue weighted by molar-refractivity contribution is 6.00. The Morgan fingerprint density at radius 2 is 1.89 bits per heavy atom. The summed E-state index contributed by atoms with van der Waals surface area (Å²) in [7, 11) is 3.10. The quantitative estimate of drug-likeness (QED) is 0.599. The van der Waals surface area contributed by atoms with Gasteiger partial charge in [0.25, 0.3) is 5.91 Å². The van der Waals surface area contributed by atoms with Crippen LogP contribution in [0.3, 0.4) is 0 Å². The van der Waals surface area contributed by atoms with Gasteiger partial charge in [-0.1, -0.05) is 0 Å². The summed E-state index contributed by atoms with van der Waals surface area (Å²) in [6.07, 6.45) is 0.958. The summed E-state index contributed by atoms with van der Waals surface area (Å²) in [5, 5.41) is 7.67. The molecule has 1 aliphatic rings. The van der Waals surface area contributed by atoms with Crippen molar-refractivity contribution in [1.29, 1.82) is 0 Å². The summed E-state index contributed by atoms with van der Waals surface area (Å²) in [5.41, 5.74) is 12.8. The fraction of sp³-hybridized carbons (Fsp3) is 0.421. The molecule has 9 heteroatoms. The van der Waals surface area contributed by atoms with Crippen LogP contribution in [0.4, 0.5) is 5.82 Å². The van der Waals surface area contributed by atoms with E-state index < -0.39 is 5.91 Å². The largest absolute Gasteiger partial charge is 0.497 e. The molecule has 2 heterocycles. The summed E-state index contributed by atoms with van der Waals surface area (Å²) in [6.45, 7) is 1.56. The molecule has 1 atom stereocenters. The van der Waals surface area contributed by atoms with Gasteiger partial charge in [0.1, 0.15) is 28.7 Å². The van der Waals surface area contributed by atoms with E-state index in [4.69, 9.17) is 20.9 Å². The van der Waals surface area contributed by atoms with Crippen molar-refractivity contribution >= 4 is 17.5 Å². The summed E-state index contributed by atoms with van der Waals surface area (Å²) in [5.74, 6) is 0.615. The Morgan fingerprint density at radius 1 is 1.21 bits per heavy atom. The average molecular weight is 387 g/mol. The third-order valence-corrected chi connectivity index (χ3v) is 4.82. The molecule has 0 spiro atoms. The van der Waals surface area contributed by atoms with Gasteiger partial charge in [-0.25, -0.2) is 4.68 Å². The predicted molar refractivity (Wildman–Crippen MR) is 104 cm³/mol. The molecule has 1 saturated heterocycles. The van der Waals surface area contributed by atoms with E-state index in [0.717, 1.165) is 18.5 Å². The van der Waals surface area contributed by atoms with Crippen LogP contribution in [0.2, 0.25) is 0 Å². The van der Waals surface area contributed by atoms with Crippen molar-refractivity contribution in [1.82, 2.24) is 15.1 Å². The van der Waals surface area contributed by atoms with Crippen molar-refractivity contribution in [3.05, 3.63) is 35.0 Å². The van der Waals surface area contributed by atoms with Gasteiger partial charge in [-0.3, -0.25) is 9.59 Å². The zero-order chi connectivity index (χ0) is 20.3. The Kier molecular flexibility index (Phi) is 5.84. The van der Waals surface area contributed by atoms with Crippen molar-refractivity contribution in [2.75, 3.05) is 33.0 Å². The van der Waals surface area contributed by atoms with Crippen LogP contribution >= 0.6 is 0 Å². The number of nitrogens with zero attached hydrogens (tertiary/aromatic N) is 2. The van der Waals surface area contributed by atoms with Gasteiger partial charge in [0, 0.05) is 19.0 Å². The number of carbonyl (C=O) groups is 2. The minimum Gasteiger partial charge on any atom is -0.497 e. The number of primary amides is 1. The number of ether oxygens (including phenoxy) is 2. The van der Waals surface area contributed by atoms with E-state index in [1.54, 1.807) is 37.1 Å². The maximum absolute atomic E-state index is 12.7. The number of hydrogen-bond donors (Lipinski definition) is 3. The standard InChI is InChI=1S/C19H25N5O4/c1-27-14-6-11(7-15(9-14)28-2)5-13(25)8-16-17(19(21)26)18(20)24(23-16)12-3-4-22-10-12/h6-7,9,12,22H,3-5,8,10,20H2,1-2H3,(H2,21,26)/t12-/m0/s1. The lowest BCUT2D eigenvalue weighted by Crippen LogP contribution is -2.18. The molecule has 1 aliphatic heterocycles. The third-order valence-electron chi connectivity index (χ3n) is 4.82. The number of nitrogens with one attached hydrogen (secondary N) is 1. The number of amides is 1. The molecule has 28 heavy (non-hydrogen) atoms. The van der Waals surface area contributed by atoms with Crippen LogP contribution < -0.4 is 26.3 Å². The molecule has 0 unspecified atom stereocenters. The second kappa shape index (κ2) is 8.30. The molecule has 1 amide bonds. The average Bonchev–Trinajstić information content (AvgIpc) is 3.29. The highest BCUT2D eigenvalue weighted by Crippen LogP contribution is 2.26. The van der Waals surface area contributed by atoms with E-state index in [0.29, 0.717) is 23.7 Å². The first kappa shape index (κ1) is 19.7. The summed E-state index contributed by atoms with van der Waals surface area (Å²) in [4.78, 5) is 24.6. The van der Waals surface area contributed by atoms with Gasteiger partial charge in [0.05, 0.1) is 32.4 Å². The number of hydrogen-bond acceptors (Lipinski definition) is 7. The Morgan fingerprint density at radius 3 is 2.43 bits per heavy atom. The second-order valence-corrected chi connectivity index (χ2v) is 6.78. The highest BCUT2D eigenvalue weighted by Gasteiger charge is 2.27. The molecule has 0 bridgehead atoms. The lowest BCUT2D eigenvalue weighted by molar-refractivity contribution is -0.117. The predicted octanol–water partition coefficient (Wildman–Crippen LogP) is 0.470. The Hall–Kier alpha value is -3.07. The van der Waals surface area contributed by atoms with Crippen LogP contribution in [0.15, 0.2) is 18.2 Å². The topological polar surface area (TPSA) is 134 Å². The first-order valence-corrected chi connectivity index (χ1v) is 9.04. The zero-order valence-corrected chi connectivity index (χ0v) is 16.0. The molecule has 5 N–H and O–H groups in total. The minimum absolute atomic E-state index is 0.0326. The van der Waals surface area contributed by atoms with Crippen molar-refractivity contribution in [3.63, 3.8) is 0 Å². The van der Waals surface area contributed by atoms with E-state index in [1.165, 1.54) is 0 Å². The van der Waals surface area contributed by atoms with E-state index in [9.17, 15) is 9.59 Å². The number of nitrogen functional groups attached to an aromatic ring is 1. The first-order chi connectivity index (χ1) is 13.4. The van der Waals surface area contributed by atoms with E-state index >= 15 is 0 Å². The number of benzene rings is 1. The van der Waals surface area contributed by atoms with E-state index in [2.05, 4.69) is 10.4 Å². The minimum atomic E-state index is -0.680. The first-order valence-electron chi connectivity index (χ1n) is 9.04. The van der Waals surface area contributed by atoms with Gasteiger partial charge in [-0.15, -0.1) is 0 Å². The van der Waals surface area contributed by atoms with Gasteiger partial charge in [0.15, 0.2) is 0 Å². The number of ketones is 1. The van der Waals surface area contributed by atoms with Crippen LogP contribution in [0, 0.1) is 0 Å². The molecule has 1 aromatic carbocycles. The Balaban J connectivity index is 1.82. The fourth-order valence-corrected chi connectivity index (χ4v) is 3.46. The normalized spacial score (nSPS) is 16.1. The van der Waals surface area contributed by atoms with Crippen LogP contribution in [0.25, 0.3) is 0 Å². The van der Waals surface area contributed by atoms with Crippen LogP contribution in [0.1, 0.15) is 34.1 Å². The van der Waals surface area contributed by atoms with Gasteiger partial charge in [0.2, 0.25) is 0 Å². The van der Waals surface area contributed by atoms with Crippen LogP contribution in [-0.4, -0.2) is 48.8 Å². The molecule has 1 fully saturated rings. The van der Waals surface area contributed by atoms with Crippen molar-refractivity contribution < 1.29 is 19.1 Å². The number of aromatic nitrogens is 2. The number of nitrogens with two attached hydrogens (primary N) is 2. The monoisotopic (exact) mass is 387 g/mol. The van der Waals surface area contributed by atoms with E-state index in [-0.39, 0.29) is 36.0 Å². The number of carbonyl (C=O) groups excluding carboxylic acids is 2. The molecular weight excluding hydrogens is 362 g/mol. The highest BCUT2D eigenvalue weighted by atomic mass is 16.5. The Bertz CT molecular complexity index is 864. The van der Waals surface area contributed by atoms with Crippen LogP contribution in [0.5, 0.6) is 11.5 Å². The van der Waals surface area contributed by atoms with Gasteiger partial charge in [-0.2, -0.15) is 5.10 Å². The van der Waals surface area contributed by atoms with Crippen molar-refractivity contribution in [2.24, 2.45) is 5.73 Å². The molecule has 0 aliphatic carbocycles. The number of rotatable bonds is 8. The summed E-state index contributed by atoms with van der Waals surface area (Å²) in [6, 6.07) is 5.32. The molecule has 150 valence electrons. The van der Waals surface area contributed by atoms with Crippen molar-refractivity contribution in [3.8, 4) is 11.5 Å². The van der Waals surface area contributed by atoms with Gasteiger partial charge in [-0.05, 0) is 30.7 Å². The van der Waals surface area contributed by atoms with Gasteiger partial charge < -0.3 is 26.3 Å². The molecule has 1 aromatic heterocycles. The summed E-state index contributed by atoms with van der Waals surface area (Å²) < 4.78 is 12.1.